The van der Waals surface area contributed by atoms with Crippen LogP contribution in [-0.4, -0.2) is 230 Å². The molecule has 41 heteroatoms. The van der Waals surface area contributed by atoms with Crippen molar-refractivity contribution >= 4 is 194 Å². The summed E-state index contributed by atoms with van der Waals surface area (Å²) in [5.74, 6) is 5.82. The number of hydrogen-bond donors (Lipinski definition) is 11. The Balaban J connectivity index is 0.000000183. The SMILES string of the molecule is CCOc1nc(CCN(C)C)ccc1Nc1ncc(Cl)c(Nc2ccccc2P(C)(C)=O)n1.CCOc1nc(CCN)ccc1Nc1ncc(Cl)c(Nc2ccccc2P(C)(C)=O)n1.CCOc1nc(CCNC)ccc1Nc1ncc(Cl)c(Nc2ccccc2P(C)(C)=O)n1.COc1nc(N(C)CCN(C)C)ccc1Nc1nc(Nc2ccccc2P(C)(C)=O)c2cc[nH]c2n1. The molecule has 12 N–H and O–H groups in total. The predicted octanol–water partition coefficient (Wildman–Crippen LogP) is 17.4. The first kappa shape index (κ1) is 102. The van der Waals surface area contributed by atoms with Gasteiger partial charge in [0, 0.05) is 97.0 Å². The fourth-order valence-corrected chi connectivity index (χ4v) is 17.8. The van der Waals surface area contributed by atoms with Crippen LogP contribution in [0.5, 0.6) is 23.5 Å². The molecule has 0 unspecified atom stereocenters. The van der Waals surface area contributed by atoms with Crippen molar-refractivity contribution < 1.29 is 37.2 Å². The summed E-state index contributed by atoms with van der Waals surface area (Å²) in [7, 11) is 3.64. The standard InChI is InChI=1S/C25H33N8O2P.C23H30ClN6O2P.C22H28ClN6O2P.C21H26ClN6O2P/c1-32(2)15-16-33(3)21-12-11-19(24(29-21)35-4)28-25-30-22-17(13-14-26-22)23(31-25)27-18-9-7-8-10-20(18)36(5,6)34;1-6-32-22-19(12-11-16(26-22)13-14-30(2)3)28-23-25-15-17(24)21(29-23)27-18-9-7-8-10-20(18)33(4,5)31;1-5-31-21-18(11-10-15(26-21)12-13-24-2)28-22-25-14-16(23)20(29-22)27-17-8-6-7-9-19(17)32(3,4)30;1-4-30-20-17(10-9-14(25-20)11-12-23)27-21-24-13-15(22)19(28-21)26-16-7-5-6-8-18(16)31(2,3)29/h7-14H,15-16H2,1-6H3,(H3,26,27,28,30,31);7-12,15H,6,13-14H2,1-5H3,(H2,25,27,28,29);6-11,14,24H,5,12-13H2,1-4H3,(H2,25,27,28,29);5-10,13H,4,11-12,23H2,1-3H3,(H2,24,26,27,28). The average Bonchev–Trinajstić information content (AvgIpc) is 1.55. The van der Waals surface area contributed by atoms with E-state index in [4.69, 9.17) is 64.5 Å². The number of hydrogen-bond acceptors (Lipinski definition) is 33. The molecule has 13 aromatic rings. The summed E-state index contributed by atoms with van der Waals surface area (Å²) in [6.07, 6.45) is 8.59. The van der Waals surface area contributed by atoms with Gasteiger partial charge >= 0.3 is 0 Å². The number of fused-ring (bicyclic) bond motifs is 1. The first-order chi connectivity index (χ1) is 62.9. The molecule has 700 valence electrons. The van der Waals surface area contributed by atoms with Gasteiger partial charge in [-0.25, -0.2) is 29.9 Å². The number of aromatic amines is 1. The van der Waals surface area contributed by atoms with Gasteiger partial charge in [0.2, 0.25) is 47.3 Å². The van der Waals surface area contributed by atoms with Crippen LogP contribution < -0.4 is 98.7 Å². The number of aromatic nitrogens is 13. The largest absolute Gasteiger partial charge is 0.479 e. The van der Waals surface area contributed by atoms with E-state index in [-0.39, 0.29) is 0 Å². The lowest BCUT2D eigenvalue weighted by molar-refractivity contribution is 0.326. The summed E-state index contributed by atoms with van der Waals surface area (Å²) in [4.78, 5) is 63.5. The van der Waals surface area contributed by atoms with Gasteiger partial charge in [0.1, 0.15) is 83.7 Å². The van der Waals surface area contributed by atoms with Gasteiger partial charge < -0.3 is 110 Å². The highest BCUT2D eigenvalue weighted by atomic mass is 35.5. The molecule has 0 spiro atoms. The molecular formula is C91H117Cl3N26O8P4. The average molecular weight is 1930 g/mol. The molecular weight excluding hydrogens is 1820 g/mol. The monoisotopic (exact) mass is 1930 g/mol. The molecule has 0 fully saturated rings. The smallest absolute Gasteiger partial charge is 0.239 e. The third-order valence-electron chi connectivity index (χ3n) is 19.3. The number of methoxy groups -OCH3 is 1. The van der Waals surface area contributed by atoms with Crippen molar-refractivity contribution in [2.75, 3.05) is 203 Å². The molecule has 0 radical (unpaired) electrons. The minimum Gasteiger partial charge on any atom is -0.479 e. The van der Waals surface area contributed by atoms with Crippen molar-refractivity contribution in [3.63, 3.8) is 0 Å². The predicted molar refractivity (Wildman–Crippen MR) is 545 cm³/mol. The summed E-state index contributed by atoms with van der Waals surface area (Å²) < 4.78 is 73.5. The van der Waals surface area contributed by atoms with E-state index in [1.54, 1.807) is 60.4 Å². The van der Waals surface area contributed by atoms with Crippen LogP contribution >= 0.6 is 63.4 Å². The quantitative estimate of drug-likeness (QED) is 0.0159. The van der Waals surface area contributed by atoms with Gasteiger partial charge in [-0.2, -0.15) is 29.9 Å². The lowest BCUT2D eigenvalue weighted by Crippen LogP contribution is -2.29. The Morgan fingerprint density at radius 2 is 0.727 bits per heavy atom. The third-order valence-corrected chi connectivity index (χ3v) is 26.4. The fourth-order valence-electron chi connectivity index (χ4n) is 12.8. The number of para-hydroxylation sites is 4. The van der Waals surface area contributed by atoms with Crippen LogP contribution in [0.1, 0.15) is 37.9 Å². The third kappa shape index (κ3) is 29.9. The number of pyridine rings is 4. The number of halogens is 3. The normalized spacial score (nSPS) is 11.4. The molecule has 34 nitrogen and oxygen atoms in total. The Bertz CT molecular complexity index is 6260. The number of nitrogens with zero attached hydrogens (tertiary/aromatic N) is 15. The van der Waals surface area contributed by atoms with Crippen LogP contribution in [0.2, 0.25) is 15.1 Å². The highest BCUT2D eigenvalue weighted by Crippen LogP contribution is 2.44. The topological polar surface area (TPSA) is 420 Å². The Kier molecular flexibility index (Phi) is 37.4. The number of likely N-dealkylation sites (N-methyl/N-ethyl adjacent to an activating group) is 4. The second-order valence-electron chi connectivity index (χ2n) is 31.9. The Morgan fingerprint density at radius 1 is 0.379 bits per heavy atom. The van der Waals surface area contributed by atoms with E-state index in [0.717, 1.165) is 94.2 Å². The molecule has 0 aliphatic carbocycles. The molecule has 9 aromatic heterocycles. The summed E-state index contributed by atoms with van der Waals surface area (Å²) in [5.41, 5.74) is 14.4. The Labute approximate surface area is 786 Å². The van der Waals surface area contributed by atoms with Crippen LogP contribution in [0.3, 0.4) is 0 Å². The number of anilines is 17. The van der Waals surface area contributed by atoms with Crippen LogP contribution in [0.4, 0.5) is 98.4 Å². The van der Waals surface area contributed by atoms with E-state index in [1.807, 2.05) is 221 Å². The van der Waals surface area contributed by atoms with E-state index in [1.165, 1.54) is 18.6 Å². The molecule has 0 bridgehead atoms. The van der Waals surface area contributed by atoms with Crippen molar-refractivity contribution in [3.05, 3.63) is 209 Å². The number of H-pyrrole nitrogens is 1. The van der Waals surface area contributed by atoms with Gasteiger partial charge in [-0.3, -0.25) is 0 Å². The molecule has 0 aliphatic heterocycles. The van der Waals surface area contributed by atoms with Crippen molar-refractivity contribution in [1.82, 2.24) is 79.9 Å². The highest BCUT2D eigenvalue weighted by Gasteiger charge is 2.25. The summed E-state index contributed by atoms with van der Waals surface area (Å²) in [5, 5.41) is 33.6. The van der Waals surface area contributed by atoms with Gasteiger partial charge in [0.15, 0.2) is 17.5 Å². The molecule has 0 saturated heterocycles. The maximum Gasteiger partial charge on any atom is 0.239 e. The summed E-state index contributed by atoms with van der Waals surface area (Å²) in [6.45, 7) is 25.0. The minimum absolute atomic E-state index is 0.315. The van der Waals surface area contributed by atoms with Crippen molar-refractivity contribution in [2.24, 2.45) is 5.73 Å². The number of ether oxygens (including phenoxy) is 4. The molecule has 0 saturated carbocycles. The molecule has 0 atom stereocenters. The van der Waals surface area contributed by atoms with E-state index in [2.05, 4.69) is 122 Å². The van der Waals surface area contributed by atoms with Gasteiger partial charge in [0.25, 0.3) is 0 Å². The van der Waals surface area contributed by atoms with Crippen LogP contribution in [0.15, 0.2) is 176 Å². The molecule has 0 amide bonds. The van der Waals surface area contributed by atoms with Crippen molar-refractivity contribution in [1.29, 1.82) is 0 Å². The van der Waals surface area contributed by atoms with Gasteiger partial charge in [0.05, 0.1) is 73.7 Å². The Hall–Kier alpha value is -11.6. The molecule has 13 rings (SSSR count). The minimum atomic E-state index is -2.50. The number of benzene rings is 4. The van der Waals surface area contributed by atoms with Gasteiger partial charge in [-0.1, -0.05) is 83.3 Å². The van der Waals surface area contributed by atoms with Crippen molar-refractivity contribution in [3.8, 4) is 23.5 Å². The molecule has 9 heterocycles. The maximum absolute atomic E-state index is 12.9. The fraction of sp³-hybridized carbons (Fsp3) is 0.319. The zero-order chi connectivity index (χ0) is 95.5. The Morgan fingerprint density at radius 3 is 1.09 bits per heavy atom. The lowest BCUT2D eigenvalue weighted by Gasteiger charge is -2.21. The number of nitrogens with one attached hydrogen (secondary N) is 10. The van der Waals surface area contributed by atoms with E-state index in [9.17, 15) is 18.3 Å². The number of nitrogens with two attached hydrogens (primary N) is 1. The summed E-state index contributed by atoms with van der Waals surface area (Å²) >= 11 is 19.0. The van der Waals surface area contributed by atoms with E-state index < -0.39 is 28.6 Å². The van der Waals surface area contributed by atoms with Gasteiger partial charge in [-0.05, 0) is 219 Å². The maximum atomic E-state index is 12.9. The van der Waals surface area contributed by atoms with Crippen LogP contribution in [-0.2, 0) is 37.5 Å². The second kappa shape index (κ2) is 48.2. The van der Waals surface area contributed by atoms with Gasteiger partial charge in [-0.15, -0.1) is 0 Å². The summed E-state index contributed by atoms with van der Waals surface area (Å²) in [6, 6.07) is 47.0. The van der Waals surface area contributed by atoms with Crippen LogP contribution in [0.25, 0.3) is 11.0 Å². The first-order valence-corrected chi connectivity index (χ1v) is 54.0. The first-order valence-electron chi connectivity index (χ1n) is 42.4. The zero-order valence-electron chi connectivity index (χ0n) is 77.5. The second-order valence-corrected chi connectivity index (χ2v) is 45.9. The van der Waals surface area contributed by atoms with Crippen LogP contribution in [0, 0.1) is 0 Å². The molecule has 132 heavy (non-hydrogen) atoms. The zero-order valence-corrected chi connectivity index (χ0v) is 83.3. The molecule has 4 aromatic carbocycles. The number of rotatable bonds is 39. The van der Waals surface area contributed by atoms with Crippen molar-refractivity contribution in [2.45, 2.75) is 40.0 Å². The highest BCUT2D eigenvalue weighted by molar-refractivity contribution is 7.71. The van der Waals surface area contributed by atoms with E-state index in [0.29, 0.717) is 164 Å². The lowest BCUT2D eigenvalue weighted by atomic mass is 10.2. The van der Waals surface area contributed by atoms with E-state index >= 15 is 0 Å². The molecule has 0 aliphatic rings.